The summed E-state index contributed by atoms with van der Waals surface area (Å²) in [6.07, 6.45) is 0.269. The minimum Gasteiger partial charge on any atom is -0.296 e. The SMILES string of the molecule is N#Cc1ccc(Cn2c(Cc3ccc(F)cc3)noc2=O)cc1F. The number of rotatable bonds is 4. The molecule has 3 aromatic rings. The molecule has 5 nitrogen and oxygen atoms in total. The van der Waals surface area contributed by atoms with Gasteiger partial charge in [0, 0.05) is 6.42 Å². The van der Waals surface area contributed by atoms with Crippen LogP contribution in [0.25, 0.3) is 0 Å². The van der Waals surface area contributed by atoms with Gasteiger partial charge in [0.2, 0.25) is 0 Å². The van der Waals surface area contributed by atoms with Gasteiger partial charge in [0.1, 0.15) is 17.7 Å². The largest absolute Gasteiger partial charge is 0.441 e. The van der Waals surface area contributed by atoms with Gasteiger partial charge in [0.15, 0.2) is 5.82 Å². The van der Waals surface area contributed by atoms with Crippen molar-refractivity contribution in [3.05, 3.63) is 87.2 Å². The highest BCUT2D eigenvalue weighted by Crippen LogP contribution is 2.13. The molecule has 0 fully saturated rings. The maximum atomic E-state index is 13.7. The summed E-state index contributed by atoms with van der Waals surface area (Å²) >= 11 is 0. The third-order valence-electron chi connectivity index (χ3n) is 3.53. The van der Waals surface area contributed by atoms with E-state index in [1.165, 1.54) is 28.8 Å². The summed E-state index contributed by atoms with van der Waals surface area (Å²) in [5, 5.41) is 12.5. The molecule has 0 aliphatic heterocycles. The Kier molecular flexibility index (Phi) is 4.20. The lowest BCUT2D eigenvalue weighted by molar-refractivity contribution is 0.375. The Labute approximate surface area is 135 Å². The Bertz CT molecular complexity index is 969. The highest BCUT2D eigenvalue weighted by atomic mass is 19.1. The van der Waals surface area contributed by atoms with E-state index < -0.39 is 11.6 Å². The number of halogens is 2. The maximum absolute atomic E-state index is 13.7. The van der Waals surface area contributed by atoms with Crippen LogP contribution in [-0.4, -0.2) is 9.72 Å². The fraction of sp³-hybridized carbons (Fsp3) is 0.118. The zero-order valence-corrected chi connectivity index (χ0v) is 12.4. The van der Waals surface area contributed by atoms with Gasteiger partial charge in [0.25, 0.3) is 0 Å². The van der Waals surface area contributed by atoms with Gasteiger partial charge in [-0.25, -0.2) is 13.6 Å². The lowest BCUT2D eigenvalue weighted by Gasteiger charge is -2.06. The van der Waals surface area contributed by atoms with Crippen molar-refractivity contribution in [3.8, 4) is 6.07 Å². The molecule has 0 radical (unpaired) electrons. The third kappa shape index (κ3) is 3.22. The molecule has 0 bridgehead atoms. The molecule has 0 amide bonds. The fourth-order valence-corrected chi connectivity index (χ4v) is 2.29. The minimum atomic E-state index is -0.670. The second kappa shape index (κ2) is 6.46. The van der Waals surface area contributed by atoms with Crippen LogP contribution in [0.15, 0.2) is 51.8 Å². The zero-order chi connectivity index (χ0) is 17.1. The van der Waals surface area contributed by atoms with E-state index in [4.69, 9.17) is 5.26 Å². The summed E-state index contributed by atoms with van der Waals surface area (Å²) in [5.41, 5.74) is 1.18. The van der Waals surface area contributed by atoms with Crippen LogP contribution in [0.5, 0.6) is 0 Å². The Balaban J connectivity index is 1.88. The van der Waals surface area contributed by atoms with E-state index >= 15 is 0 Å². The van der Waals surface area contributed by atoms with Gasteiger partial charge in [-0.1, -0.05) is 23.4 Å². The quantitative estimate of drug-likeness (QED) is 0.738. The van der Waals surface area contributed by atoms with Gasteiger partial charge in [-0.2, -0.15) is 5.26 Å². The van der Waals surface area contributed by atoms with Crippen LogP contribution in [0, 0.1) is 23.0 Å². The average molecular weight is 327 g/mol. The van der Waals surface area contributed by atoms with E-state index in [2.05, 4.69) is 9.68 Å². The van der Waals surface area contributed by atoms with Crippen molar-refractivity contribution in [1.82, 2.24) is 9.72 Å². The fourth-order valence-electron chi connectivity index (χ4n) is 2.29. The Hall–Kier alpha value is -3.27. The van der Waals surface area contributed by atoms with Crippen LogP contribution < -0.4 is 5.76 Å². The van der Waals surface area contributed by atoms with Crippen molar-refractivity contribution in [2.45, 2.75) is 13.0 Å². The molecule has 1 aromatic heterocycles. The Morgan fingerprint density at radius 1 is 1.12 bits per heavy atom. The molecule has 120 valence electrons. The predicted octanol–water partition coefficient (Wildman–Crippen LogP) is 2.63. The lowest BCUT2D eigenvalue weighted by Crippen LogP contribution is -2.18. The van der Waals surface area contributed by atoms with Gasteiger partial charge in [-0.15, -0.1) is 0 Å². The first-order chi connectivity index (χ1) is 11.6. The first-order valence-corrected chi connectivity index (χ1v) is 7.05. The van der Waals surface area contributed by atoms with E-state index in [-0.39, 0.29) is 24.3 Å². The smallest absolute Gasteiger partial charge is 0.296 e. The number of hydrogen-bond donors (Lipinski definition) is 0. The molecule has 0 spiro atoms. The zero-order valence-electron chi connectivity index (χ0n) is 12.4. The number of benzene rings is 2. The predicted molar refractivity (Wildman–Crippen MR) is 80.2 cm³/mol. The van der Waals surface area contributed by atoms with Crippen molar-refractivity contribution < 1.29 is 13.3 Å². The van der Waals surface area contributed by atoms with E-state index in [0.29, 0.717) is 11.4 Å². The number of aromatic nitrogens is 2. The molecule has 2 aromatic carbocycles. The van der Waals surface area contributed by atoms with Crippen molar-refractivity contribution >= 4 is 0 Å². The first kappa shape index (κ1) is 15.6. The molecule has 3 rings (SSSR count). The van der Waals surface area contributed by atoms with Crippen molar-refractivity contribution in [3.63, 3.8) is 0 Å². The normalized spacial score (nSPS) is 10.5. The molecule has 1 heterocycles. The van der Waals surface area contributed by atoms with Crippen molar-refractivity contribution in [1.29, 1.82) is 5.26 Å². The maximum Gasteiger partial charge on any atom is 0.441 e. The molecule has 0 aliphatic carbocycles. The average Bonchev–Trinajstić information content (AvgIpc) is 2.90. The second-order valence-corrected chi connectivity index (χ2v) is 5.18. The molecule has 0 saturated heterocycles. The molecule has 24 heavy (non-hydrogen) atoms. The summed E-state index contributed by atoms with van der Waals surface area (Å²) in [6, 6.07) is 11.6. The van der Waals surface area contributed by atoms with E-state index in [0.717, 1.165) is 5.56 Å². The monoisotopic (exact) mass is 327 g/mol. The third-order valence-corrected chi connectivity index (χ3v) is 3.53. The Morgan fingerprint density at radius 3 is 2.50 bits per heavy atom. The summed E-state index contributed by atoms with van der Waals surface area (Å²) in [7, 11) is 0. The Morgan fingerprint density at radius 2 is 1.83 bits per heavy atom. The van der Waals surface area contributed by atoms with Crippen LogP contribution in [-0.2, 0) is 13.0 Å². The molecule has 0 atom stereocenters. The summed E-state index contributed by atoms with van der Waals surface area (Å²) < 4.78 is 32.6. The van der Waals surface area contributed by atoms with E-state index in [1.807, 2.05) is 0 Å². The number of hydrogen-bond acceptors (Lipinski definition) is 4. The van der Waals surface area contributed by atoms with Gasteiger partial charge in [-0.05, 0) is 35.4 Å². The van der Waals surface area contributed by atoms with Crippen LogP contribution in [0.2, 0.25) is 0 Å². The topological polar surface area (TPSA) is 71.8 Å². The first-order valence-electron chi connectivity index (χ1n) is 7.05. The molecule has 0 unspecified atom stereocenters. The van der Waals surface area contributed by atoms with Crippen LogP contribution in [0.4, 0.5) is 8.78 Å². The minimum absolute atomic E-state index is 0.0570. The lowest BCUT2D eigenvalue weighted by atomic mass is 10.1. The summed E-state index contributed by atoms with van der Waals surface area (Å²) in [6.45, 7) is 0.0570. The van der Waals surface area contributed by atoms with Crippen molar-refractivity contribution in [2.75, 3.05) is 0 Å². The number of nitrogens with zero attached hydrogens (tertiary/aromatic N) is 3. The second-order valence-electron chi connectivity index (χ2n) is 5.18. The molecule has 0 N–H and O–H groups in total. The summed E-state index contributed by atoms with van der Waals surface area (Å²) in [5.74, 6) is -1.34. The van der Waals surface area contributed by atoms with Gasteiger partial charge in [-0.3, -0.25) is 9.09 Å². The van der Waals surface area contributed by atoms with Gasteiger partial charge in [0.05, 0.1) is 12.1 Å². The highest BCUT2D eigenvalue weighted by Gasteiger charge is 2.13. The molecular formula is C17H11F2N3O2. The summed E-state index contributed by atoms with van der Waals surface area (Å²) in [4.78, 5) is 11.8. The van der Waals surface area contributed by atoms with Crippen molar-refractivity contribution in [2.24, 2.45) is 0 Å². The van der Waals surface area contributed by atoms with Gasteiger partial charge < -0.3 is 0 Å². The van der Waals surface area contributed by atoms with Gasteiger partial charge >= 0.3 is 5.76 Å². The molecule has 0 aliphatic rings. The highest BCUT2D eigenvalue weighted by molar-refractivity contribution is 5.33. The van der Waals surface area contributed by atoms with E-state index in [9.17, 15) is 13.6 Å². The molecule has 0 saturated carbocycles. The van der Waals surface area contributed by atoms with Crippen LogP contribution in [0.3, 0.4) is 0 Å². The molecule has 7 heteroatoms. The number of nitriles is 1. The van der Waals surface area contributed by atoms with E-state index in [1.54, 1.807) is 24.3 Å². The van der Waals surface area contributed by atoms with Crippen LogP contribution in [0.1, 0.15) is 22.5 Å². The van der Waals surface area contributed by atoms with Crippen LogP contribution >= 0.6 is 0 Å². The standard InChI is InChI=1S/C17H11F2N3O2/c18-14-5-2-11(3-6-14)8-16-21-24-17(23)22(16)10-12-1-4-13(9-20)15(19)7-12/h1-7H,8,10H2. The molecular weight excluding hydrogens is 316 g/mol.